The molecule has 0 aliphatic carbocycles. The van der Waals surface area contributed by atoms with Gasteiger partial charge in [0.05, 0.1) is 0 Å². The SMILES string of the molecule is CNc1ccc(-c2cc3ccccc3o2)cc1. The molecule has 2 aromatic carbocycles. The number of nitrogens with one attached hydrogen (secondary N) is 1. The van der Waals surface area contributed by atoms with Gasteiger partial charge in [-0.3, -0.25) is 0 Å². The van der Waals surface area contributed by atoms with E-state index in [0.29, 0.717) is 0 Å². The maximum atomic E-state index is 5.81. The molecule has 0 spiro atoms. The number of anilines is 1. The number of furan rings is 1. The molecule has 0 atom stereocenters. The van der Waals surface area contributed by atoms with Gasteiger partial charge in [0.25, 0.3) is 0 Å². The summed E-state index contributed by atoms with van der Waals surface area (Å²) in [4.78, 5) is 0. The van der Waals surface area contributed by atoms with Crippen LogP contribution in [0.2, 0.25) is 0 Å². The molecule has 0 bridgehead atoms. The summed E-state index contributed by atoms with van der Waals surface area (Å²) in [6.07, 6.45) is 0. The van der Waals surface area contributed by atoms with Crippen molar-refractivity contribution in [1.29, 1.82) is 0 Å². The van der Waals surface area contributed by atoms with Gasteiger partial charge in [-0.25, -0.2) is 0 Å². The molecule has 2 nitrogen and oxygen atoms in total. The van der Waals surface area contributed by atoms with Crippen LogP contribution < -0.4 is 5.32 Å². The molecule has 0 fully saturated rings. The van der Waals surface area contributed by atoms with Gasteiger partial charge in [0.15, 0.2) is 0 Å². The molecule has 17 heavy (non-hydrogen) atoms. The Kier molecular flexibility index (Phi) is 2.33. The minimum Gasteiger partial charge on any atom is -0.456 e. The molecule has 0 radical (unpaired) electrons. The highest BCUT2D eigenvalue weighted by molar-refractivity contribution is 5.82. The van der Waals surface area contributed by atoms with Crippen LogP contribution in [0, 0.1) is 0 Å². The summed E-state index contributed by atoms with van der Waals surface area (Å²) in [5.41, 5.74) is 3.13. The largest absolute Gasteiger partial charge is 0.456 e. The Morgan fingerprint density at radius 2 is 1.71 bits per heavy atom. The van der Waals surface area contributed by atoms with Crippen LogP contribution in [0.4, 0.5) is 5.69 Å². The molecule has 3 rings (SSSR count). The molecule has 0 unspecified atom stereocenters. The zero-order valence-electron chi connectivity index (χ0n) is 9.60. The first-order chi connectivity index (χ1) is 8.36. The molecular formula is C15H13NO. The highest BCUT2D eigenvalue weighted by atomic mass is 16.3. The van der Waals surface area contributed by atoms with Gasteiger partial charge in [0, 0.05) is 23.7 Å². The van der Waals surface area contributed by atoms with Crippen molar-refractivity contribution < 1.29 is 4.42 Å². The van der Waals surface area contributed by atoms with Gasteiger partial charge in [-0.1, -0.05) is 18.2 Å². The highest BCUT2D eigenvalue weighted by Crippen LogP contribution is 2.28. The van der Waals surface area contributed by atoms with Crippen molar-refractivity contribution in [2.24, 2.45) is 0 Å². The van der Waals surface area contributed by atoms with E-state index < -0.39 is 0 Å². The van der Waals surface area contributed by atoms with Crippen LogP contribution in [0.25, 0.3) is 22.3 Å². The Labute approximate surface area is 99.9 Å². The van der Waals surface area contributed by atoms with Gasteiger partial charge >= 0.3 is 0 Å². The Hall–Kier alpha value is -2.22. The Morgan fingerprint density at radius 1 is 0.941 bits per heavy atom. The van der Waals surface area contributed by atoms with Crippen LogP contribution in [0.15, 0.2) is 59.0 Å². The van der Waals surface area contributed by atoms with Crippen molar-refractivity contribution in [2.45, 2.75) is 0 Å². The van der Waals surface area contributed by atoms with E-state index in [1.54, 1.807) is 0 Å². The van der Waals surface area contributed by atoms with Gasteiger partial charge < -0.3 is 9.73 Å². The second-order valence-electron chi connectivity index (χ2n) is 3.98. The van der Waals surface area contributed by atoms with Gasteiger partial charge in [-0.15, -0.1) is 0 Å². The molecule has 0 saturated carbocycles. The fourth-order valence-electron chi connectivity index (χ4n) is 1.93. The van der Waals surface area contributed by atoms with E-state index in [4.69, 9.17) is 4.42 Å². The van der Waals surface area contributed by atoms with Crippen molar-refractivity contribution in [3.63, 3.8) is 0 Å². The Balaban J connectivity index is 2.07. The molecule has 1 N–H and O–H groups in total. The first-order valence-corrected chi connectivity index (χ1v) is 5.63. The van der Waals surface area contributed by atoms with Gasteiger partial charge in [-0.2, -0.15) is 0 Å². The quantitative estimate of drug-likeness (QED) is 0.706. The molecular weight excluding hydrogens is 210 g/mol. The highest BCUT2D eigenvalue weighted by Gasteiger charge is 2.04. The fraction of sp³-hybridized carbons (Fsp3) is 0.0667. The van der Waals surface area contributed by atoms with Crippen molar-refractivity contribution >= 4 is 16.7 Å². The summed E-state index contributed by atoms with van der Waals surface area (Å²) in [5, 5.41) is 4.24. The minimum atomic E-state index is 0.911. The van der Waals surface area contributed by atoms with E-state index in [1.807, 2.05) is 37.4 Å². The summed E-state index contributed by atoms with van der Waals surface area (Å²) < 4.78 is 5.81. The van der Waals surface area contributed by atoms with Crippen molar-refractivity contribution in [3.05, 3.63) is 54.6 Å². The van der Waals surface area contributed by atoms with Crippen LogP contribution in [0.3, 0.4) is 0 Å². The van der Waals surface area contributed by atoms with Crippen molar-refractivity contribution in [1.82, 2.24) is 0 Å². The number of benzene rings is 2. The lowest BCUT2D eigenvalue weighted by molar-refractivity contribution is 0.631. The zero-order chi connectivity index (χ0) is 11.7. The number of fused-ring (bicyclic) bond motifs is 1. The Morgan fingerprint density at radius 3 is 2.41 bits per heavy atom. The average Bonchev–Trinajstić information content (AvgIpc) is 2.82. The summed E-state index contributed by atoms with van der Waals surface area (Å²) in [7, 11) is 1.91. The van der Waals surface area contributed by atoms with E-state index >= 15 is 0 Å². The lowest BCUT2D eigenvalue weighted by Gasteiger charge is -2.00. The lowest BCUT2D eigenvalue weighted by atomic mass is 10.1. The third-order valence-corrected chi connectivity index (χ3v) is 2.88. The maximum absolute atomic E-state index is 5.81. The van der Waals surface area contributed by atoms with Crippen molar-refractivity contribution in [2.75, 3.05) is 12.4 Å². The predicted molar refractivity (Wildman–Crippen MR) is 71.2 cm³/mol. The minimum absolute atomic E-state index is 0.911. The normalized spacial score (nSPS) is 10.6. The molecule has 84 valence electrons. The number of hydrogen-bond donors (Lipinski definition) is 1. The average molecular weight is 223 g/mol. The van der Waals surface area contributed by atoms with Gasteiger partial charge in [0.1, 0.15) is 11.3 Å². The van der Waals surface area contributed by atoms with Crippen LogP contribution in [0.5, 0.6) is 0 Å². The van der Waals surface area contributed by atoms with Crippen LogP contribution >= 0.6 is 0 Å². The van der Waals surface area contributed by atoms with E-state index in [9.17, 15) is 0 Å². The lowest BCUT2D eigenvalue weighted by Crippen LogP contribution is -1.86. The topological polar surface area (TPSA) is 25.2 Å². The molecule has 0 saturated heterocycles. The summed E-state index contributed by atoms with van der Waals surface area (Å²) in [6.45, 7) is 0. The summed E-state index contributed by atoms with van der Waals surface area (Å²) in [5.74, 6) is 0.911. The molecule has 0 aliphatic heterocycles. The summed E-state index contributed by atoms with van der Waals surface area (Å²) in [6, 6.07) is 18.3. The first-order valence-electron chi connectivity index (χ1n) is 5.63. The smallest absolute Gasteiger partial charge is 0.135 e. The van der Waals surface area contributed by atoms with Crippen LogP contribution in [0.1, 0.15) is 0 Å². The second-order valence-corrected chi connectivity index (χ2v) is 3.98. The first kappa shape index (κ1) is 9.97. The van der Waals surface area contributed by atoms with Crippen LogP contribution in [-0.2, 0) is 0 Å². The molecule has 0 aliphatic rings. The van der Waals surface area contributed by atoms with E-state index in [0.717, 1.165) is 28.0 Å². The number of para-hydroxylation sites is 1. The van der Waals surface area contributed by atoms with Crippen molar-refractivity contribution in [3.8, 4) is 11.3 Å². The Bertz CT molecular complexity index is 604. The zero-order valence-corrected chi connectivity index (χ0v) is 9.60. The van der Waals surface area contributed by atoms with E-state index in [1.165, 1.54) is 0 Å². The maximum Gasteiger partial charge on any atom is 0.135 e. The van der Waals surface area contributed by atoms with Gasteiger partial charge in [0.2, 0.25) is 0 Å². The second kappa shape index (κ2) is 3.98. The summed E-state index contributed by atoms with van der Waals surface area (Å²) >= 11 is 0. The molecule has 0 amide bonds. The van der Waals surface area contributed by atoms with E-state index in [-0.39, 0.29) is 0 Å². The third kappa shape index (κ3) is 1.78. The predicted octanol–water partition coefficient (Wildman–Crippen LogP) is 4.14. The molecule has 2 heteroatoms. The molecule has 3 aromatic rings. The molecule has 1 aromatic heterocycles. The standard InChI is InChI=1S/C15H13NO/c1-16-13-8-6-11(7-9-13)15-10-12-4-2-3-5-14(12)17-15/h2-10,16H,1H3. The van der Waals surface area contributed by atoms with E-state index in [2.05, 4.69) is 29.6 Å². The molecule has 1 heterocycles. The monoisotopic (exact) mass is 223 g/mol. The third-order valence-electron chi connectivity index (χ3n) is 2.88. The van der Waals surface area contributed by atoms with Gasteiger partial charge in [-0.05, 0) is 36.4 Å². The fourth-order valence-corrected chi connectivity index (χ4v) is 1.93. The van der Waals surface area contributed by atoms with Crippen LogP contribution in [-0.4, -0.2) is 7.05 Å². The number of rotatable bonds is 2. The number of hydrogen-bond acceptors (Lipinski definition) is 2.